The highest BCUT2D eigenvalue weighted by atomic mass is 16.4. The Bertz CT molecular complexity index is 419. The van der Waals surface area contributed by atoms with E-state index in [1.54, 1.807) is 17.9 Å². The Labute approximate surface area is 118 Å². The molecule has 1 aromatic heterocycles. The number of hydrogen-bond donors (Lipinski definition) is 2. The lowest BCUT2D eigenvalue weighted by Gasteiger charge is -2.14. The van der Waals surface area contributed by atoms with Crippen LogP contribution in [0.1, 0.15) is 39.5 Å². The zero-order valence-corrected chi connectivity index (χ0v) is 12.0. The number of carboxylic acid groups (broad SMARTS) is 1. The van der Waals surface area contributed by atoms with E-state index in [0.717, 1.165) is 12.8 Å². The molecule has 2 unspecified atom stereocenters. The summed E-state index contributed by atoms with van der Waals surface area (Å²) in [6.45, 7) is 4.14. The van der Waals surface area contributed by atoms with E-state index >= 15 is 0 Å². The predicted molar refractivity (Wildman–Crippen MR) is 72.9 cm³/mol. The second-order valence-corrected chi connectivity index (χ2v) is 5.05. The van der Waals surface area contributed by atoms with E-state index in [1.807, 2.05) is 6.92 Å². The van der Waals surface area contributed by atoms with Gasteiger partial charge in [-0.1, -0.05) is 13.3 Å². The molecule has 1 heterocycles. The maximum Gasteiger partial charge on any atom is 0.306 e. The van der Waals surface area contributed by atoms with Gasteiger partial charge in [0.05, 0.1) is 12.5 Å². The van der Waals surface area contributed by atoms with Crippen LogP contribution in [-0.4, -0.2) is 37.8 Å². The fourth-order valence-electron chi connectivity index (χ4n) is 1.84. The van der Waals surface area contributed by atoms with Crippen LogP contribution >= 0.6 is 0 Å². The summed E-state index contributed by atoms with van der Waals surface area (Å²) in [7, 11) is 0. The van der Waals surface area contributed by atoms with Gasteiger partial charge in [0.15, 0.2) is 0 Å². The molecule has 112 valence electrons. The van der Waals surface area contributed by atoms with Gasteiger partial charge in [0.25, 0.3) is 0 Å². The molecule has 7 heteroatoms. The van der Waals surface area contributed by atoms with Crippen molar-refractivity contribution in [2.75, 3.05) is 0 Å². The zero-order chi connectivity index (χ0) is 15.0. The lowest BCUT2D eigenvalue weighted by Crippen LogP contribution is -2.33. The van der Waals surface area contributed by atoms with Crippen molar-refractivity contribution in [3.8, 4) is 0 Å². The van der Waals surface area contributed by atoms with E-state index in [9.17, 15) is 9.59 Å². The van der Waals surface area contributed by atoms with Gasteiger partial charge in [-0.05, 0) is 19.8 Å². The van der Waals surface area contributed by atoms with E-state index in [-0.39, 0.29) is 17.9 Å². The fraction of sp³-hybridized carbons (Fsp3) is 0.692. The first-order valence-electron chi connectivity index (χ1n) is 6.83. The van der Waals surface area contributed by atoms with Crippen LogP contribution in [0.4, 0.5) is 0 Å². The molecule has 1 aromatic rings. The highest BCUT2D eigenvalue weighted by molar-refractivity contribution is 5.76. The SMILES string of the molecule is CC(CCCC(C)C(=O)O)NC(=O)CCn1cncn1. The van der Waals surface area contributed by atoms with Crippen LogP contribution in [0.5, 0.6) is 0 Å². The van der Waals surface area contributed by atoms with E-state index < -0.39 is 5.97 Å². The molecular weight excluding hydrogens is 260 g/mol. The van der Waals surface area contributed by atoms with Crippen LogP contribution in [0.15, 0.2) is 12.7 Å². The maximum absolute atomic E-state index is 11.7. The maximum atomic E-state index is 11.7. The number of carbonyl (C=O) groups excluding carboxylic acids is 1. The topological polar surface area (TPSA) is 97.1 Å². The highest BCUT2D eigenvalue weighted by Crippen LogP contribution is 2.09. The first kappa shape index (κ1) is 16.1. The van der Waals surface area contributed by atoms with E-state index in [2.05, 4.69) is 15.4 Å². The fourth-order valence-corrected chi connectivity index (χ4v) is 1.84. The van der Waals surface area contributed by atoms with Crippen LogP contribution in [0, 0.1) is 5.92 Å². The summed E-state index contributed by atoms with van der Waals surface area (Å²) < 4.78 is 1.61. The summed E-state index contributed by atoms with van der Waals surface area (Å²) in [4.78, 5) is 26.2. The van der Waals surface area contributed by atoms with Gasteiger partial charge in [-0.3, -0.25) is 14.3 Å². The summed E-state index contributed by atoms with van der Waals surface area (Å²) in [5.41, 5.74) is 0. The Morgan fingerprint density at radius 2 is 2.10 bits per heavy atom. The van der Waals surface area contributed by atoms with Crippen molar-refractivity contribution < 1.29 is 14.7 Å². The average molecular weight is 282 g/mol. The van der Waals surface area contributed by atoms with Crippen molar-refractivity contribution in [2.45, 2.75) is 52.1 Å². The lowest BCUT2D eigenvalue weighted by molar-refractivity contribution is -0.141. The minimum Gasteiger partial charge on any atom is -0.481 e. The summed E-state index contributed by atoms with van der Waals surface area (Å²) in [6.07, 6.45) is 5.58. The Balaban J connectivity index is 2.13. The standard InChI is InChI=1S/C13H22N4O3/c1-10(13(19)20)4-3-5-11(2)16-12(18)6-7-17-9-14-8-15-17/h8-11H,3-7H2,1-2H3,(H,16,18)(H,19,20). The van der Waals surface area contributed by atoms with Crippen molar-refractivity contribution >= 4 is 11.9 Å². The summed E-state index contributed by atoms with van der Waals surface area (Å²) >= 11 is 0. The third-order valence-electron chi connectivity index (χ3n) is 3.14. The van der Waals surface area contributed by atoms with Crippen molar-refractivity contribution in [1.82, 2.24) is 20.1 Å². The molecule has 2 N–H and O–H groups in total. The summed E-state index contributed by atoms with van der Waals surface area (Å²) in [5.74, 6) is -1.13. The number of aryl methyl sites for hydroxylation is 1. The van der Waals surface area contributed by atoms with Crippen molar-refractivity contribution in [1.29, 1.82) is 0 Å². The molecule has 7 nitrogen and oxygen atoms in total. The number of carbonyl (C=O) groups is 2. The smallest absolute Gasteiger partial charge is 0.306 e. The average Bonchev–Trinajstić information content (AvgIpc) is 2.89. The molecule has 1 amide bonds. The zero-order valence-electron chi connectivity index (χ0n) is 12.0. The molecule has 1 rings (SSSR count). The number of rotatable bonds is 9. The Hall–Kier alpha value is -1.92. The third kappa shape index (κ3) is 6.31. The van der Waals surface area contributed by atoms with Gasteiger partial charge in [-0.2, -0.15) is 5.10 Å². The molecule has 0 saturated carbocycles. The van der Waals surface area contributed by atoms with Gasteiger partial charge in [-0.25, -0.2) is 4.98 Å². The second-order valence-electron chi connectivity index (χ2n) is 5.05. The molecule has 20 heavy (non-hydrogen) atoms. The molecule has 0 saturated heterocycles. The first-order valence-corrected chi connectivity index (χ1v) is 6.83. The molecule has 0 aromatic carbocycles. The monoisotopic (exact) mass is 282 g/mol. The van der Waals surface area contributed by atoms with Crippen LogP contribution in [0.25, 0.3) is 0 Å². The van der Waals surface area contributed by atoms with Crippen molar-refractivity contribution in [3.05, 3.63) is 12.7 Å². The van der Waals surface area contributed by atoms with E-state index in [0.29, 0.717) is 19.4 Å². The Morgan fingerprint density at radius 1 is 1.35 bits per heavy atom. The number of amides is 1. The van der Waals surface area contributed by atoms with Crippen molar-refractivity contribution in [2.24, 2.45) is 5.92 Å². The highest BCUT2D eigenvalue weighted by Gasteiger charge is 2.12. The molecule has 0 radical (unpaired) electrons. The van der Waals surface area contributed by atoms with Gasteiger partial charge < -0.3 is 10.4 Å². The Kier molecular flexibility index (Phi) is 6.69. The second kappa shape index (κ2) is 8.29. The molecule has 0 spiro atoms. The van der Waals surface area contributed by atoms with E-state index in [1.165, 1.54) is 6.33 Å². The first-order chi connectivity index (χ1) is 9.49. The minimum atomic E-state index is -0.769. The number of nitrogens with zero attached hydrogens (tertiary/aromatic N) is 3. The molecule has 0 aliphatic carbocycles. The minimum absolute atomic E-state index is 0.0284. The number of carboxylic acids is 1. The van der Waals surface area contributed by atoms with E-state index in [4.69, 9.17) is 5.11 Å². The van der Waals surface area contributed by atoms with Crippen LogP contribution in [0.3, 0.4) is 0 Å². The normalized spacial score (nSPS) is 13.7. The van der Waals surface area contributed by atoms with Crippen LogP contribution in [0.2, 0.25) is 0 Å². The largest absolute Gasteiger partial charge is 0.481 e. The van der Waals surface area contributed by atoms with Gasteiger partial charge >= 0.3 is 5.97 Å². The molecule has 0 fully saturated rings. The third-order valence-corrected chi connectivity index (χ3v) is 3.14. The number of hydrogen-bond acceptors (Lipinski definition) is 4. The van der Waals surface area contributed by atoms with Gasteiger partial charge in [-0.15, -0.1) is 0 Å². The lowest BCUT2D eigenvalue weighted by atomic mass is 10.0. The van der Waals surface area contributed by atoms with Crippen molar-refractivity contribution in [3.63, 3.8) is 0 Å². The molecule has 0 aliphatic heterocycles. The predicted octanol–water partition coefficient (Wildman–Crippen LogP) is 1.06. The van der Waals surface area contributed by atoms with Gasteiger partial charge in [0.1, 0.15) is 12.7 Å². The quantitative estimate of drug-likeness (QED) is 0.706. The number of nitrogens with one attached hydrogen (secondary N) is 1. The molecule has 0 bridgehead atoms. The summed E-state index contributed by atoms with van der Waals surface area (Å²) in [6, 6.07) is 0.0549. The molecular formula is C13H22N4O3. The summed E-state index contributed by atoms with van der Waals surface area (Å²) in [5, 5.41) is 15.6. The van der Waals surface area contributed by atoms with Gasteiger partial charge in [0.2, 0.25) is 5.91 Å². The van der Waals surface area contributed by atoms with Gasteiger partial charge in [0, 0.05) is 12.5 Å². The molecule has 0 aliphatic rings. The van der Waals surface area contributed by atoms with Crippen LogP contribution < -0.4 is 5.32 Å². The number of aromatic nitrogens is 3. The number of aliphatic carboxylic acids is 1. The van der Waals surface area contributed by atoms with Crippen LogP contribution in [-0.2, 0) is 16.1 Å². The molecule has 2 atom stereocenters. The Morgan fingerprint density at radius 3 is 2.70 bits per heavy atom.